The van der Waals surface area contributed by atoms with Gasteiger partial charge in [0.2, 0.25) is 0 Å². The first-order valence-electron chi connectivity index (χ1n) is 6.06. The minimum Gasteiger partial charge on any atom is -0.486 e. The molecule has 104 valence electrons. The molecule has 20 heavy (non-hydrogen) atoms. The van der Waals surface area contributed by atoms with Gasteiger partial charge in [-0.05, 0) is 6.92 Å². The van der Waals surface area contributed by atoms with E-state index >= 15 is 0 Å². The molecule has 0 atom stereocenters. The van der Waals surface area contributed by atoms with Gasteiger partial charge in [0.15, 0.2) is 11.5 Å². The largest absolute Gasteiger partial charge is 0.486 e. The van der Waals surface area contributed by atoms with Gasteiger partial charge >= 0.3 is 0 Å². The van der Waals surface area contributed by atoms with Crippen LogP contribution < -0.4 is 20.5 Å². The van der Waals surface area contributed by atoms with Crippen LogP contribution in [0.2, 0.25) is 0 Å². The molecule has 0 bridgehead atoms. The average Bonchev–Trinajstić information content (AvgIpc) is 2.86. The second-order valence-corrected chi connectivity index (χ2v) is 5.52. The van der Waals surface area contributed by atoms with Crippen LogP contribution in [0.25, 0.3) is 0 Å². The number of nitrogens with two attached hydrogens (primary N) is 1. The number of nitrogen functional groups attached to an aromatic ring is 1. The lowest BCUT2D eigenvalue weighted by Gasteiger charge is -2.20. The molecule has 1 aliphatic heterocycles. The lowest BCUT2D eigenvalue weighted by molar-refractivity contribution is 0.103. The quantitative estimate of drug-likeness (QED) is 0.827. The van der Waals surface area contributed by atoms with Crippen LogP contribution in [0.1, 0.15) is 14.7 Å². The standard InChI is InChI=1S/C13H13N3O3S/c1-7-15-6-12(20-7)13(17)16-9-5-11-10(4-8(9)14)18-2-3-19-11/h4-6H,2-3,14H2,1H3,(H,16,17). The van der Waals surface area contributed by atoms with Gasteiger partial charge in [-0.2, -0.15) is 0 Å². The van der Waals surface area contributed by atoms with E-state index in [4.69, 9.17) is 15.2 Å². The Bertz CT molecular complexity index is 669. The number of benzene rings is 1. The Labute approximate surface area is 119 Å². The van der Waals surface area contributed by atoms with Crippen molar-refractivity contribution in [3.8, 4) is 11.5 Å². The Morgan fingerprint density at radius 3 is 2.70 bits per heavy atom. The third kappa shape index (κ3) is 2.39. The van der Waals surface area contributed by atoms with Gasteiger partial charge in [0.05, 0.1) is 22.6 Å². The summed E-state index contributed by atoms with van der Waals surface area (Å²) in [4.78, 5) is 16.7. The van der Waals surface area contributed by atoms with Crippen molar-refractivity contribution < 1.29 is 14.3 Å². The summed E-state index contributed by atoms with van der Waals surface area (Å²) in [5, 5.41) is 3.60. The van der Waals surface area contributed by atoms with E-state index < -0.39 is 0 Å². The topological polar surface area (TPSA) is 86.5 Å². The Morgan fingerprint density at radius 2 is 2.05 bits per heavy atom. The number of nitrogens with one attached hydrogen (secondary N) is 1. The zero-order valence-electron chi connectivity index (χ0n) is 10.8. The van der Waals surface area contributed by atoms with Gasteiger partial charge in [-0.1, -0.05) is 0 Å². The predicted octanol–water partition coefficient (Wildman–Crippen LogP) is 2.06. The van der Waals surface area contributed by atoms with Crippen molar-refractivity contribution in [1.29, 1.82) is 0 Å². The van der Waals surface area contributed by atoms with E-state index in [2.05, 4.69) is 10.3 Å². The molecule has 2 heterocycles. The van der Waals surface area contributed by atoms with E-state index in [0.717, 1.165) is 5.01 Å². The average molecular weight is 291 g/mol. The first kappa shape index (κ1) is 12.7. The monoisotopic (exact) mass is 291 g/mol. The van der Waals surface area contributed by atoms with E-state index in [9.17, 15) is 4.79 Å². The van der Waals surface area contributed by atoms with E-state index in [-0.39, 0.29) is 5.91 Å². The number of aromatic nitrogens is 1. The number of carbonyl (C=O) groups excluding carboxylic acids is 1. The van der Waals surface area contributed by atoms with Crippen molar-refractivity contribution in [1.82, 2.24) is 4.98 Å². The molecule has 0 saturated carbocycles. The van der Waals surface area contributed by atoms with Crippen molar-refractivity contribution in [2.45, 2.75) is 6.92 Å². The second-order valence-electron chi connectivity index (χ2n) is 4.28. The number of hydrogen-bond donors (Lipinski definition) is 2. The van der Waals surface area contributed by atoms with Crippen molar-refractivity contribution >= 4 is 28.6 Å². The van der Waals surface area contributed by atoms with Crippen LogP contribution >= 0.6 is 11.3 Å². The third-order valence-electron chi connectivity index (χ3n) is 2.81. The molecule has 2 aromatic rings. The smallest absolute Gasteiger partial charge is 0.267 e. The SMILES string of the molecule is Cc1ncc(C(=O)Nc2cc3c(cc2N)OCCO3)s1. The van der Waals surface area contributed by atoms with Crippen molar-refractivity contribution in [2.24, 2.45) is 0 Å². The summed E-state index contributed by atoms with van der Waals surface area (Å²) in [5.41, 5.74) is 6.85. The maximum absolute atomic E-state index is 12.1. The molecule has 1 aromatic carbocycles. The highest BCUT2D eigenvalue weighted by atomic mass is 32.1. The van der Waals surface area contributed by atoms with E-state index in [1.165, 1.54) is 11.3 Å². The predicted molar refractivity (Wildman–Crippen MR) is 76.6 cm³/mol. The molecule has 0 radical (unpaired) electrons. The van der Waals surface area contributed by atoms with Crippen molar-refractivity contribution in [3.05, 3.63) is 28.2 Å². The summed E-state index contributed by atoms with van der Waals surface area (Å²) in [6.07, 6.45) is 1.55. The summed E-state index contributed by atoms with van der Waals surface area (Å²) in [6, 6.07) is 3.33. The molecule has 0 saturated heterocycles. The summed E-state index contributed by atoms with van der Waals surface area (Å²) in [7, 11) is 0. The number of carbonyl (C=O) groups is 1. The van der Waals surface area contributed by atoms with Crippen molar-refractivity contribution in [2.75, 3.05) is 24.3 Å². The van der Waals surface area contributed by atoms with Gasteiger partial charge in [-0.3, -0.25) is 4.79 Å². The number of fused-ring (bicyclic) bond motifs is 1. The number of anilines is 2. The highest BCUT2D eigenvalue weighted by molar-refractivity contribution is 7.13. The number of hydrogen-bond acceptors (Lipinski definition) is 6. The summed E-state index contributed by atoms with van der Waals surface area (Å²) < 4.78 is 10.9. The number of thiazole rings is 1. The molecular formula is C13H13N3O3S. The number of aryl methyl sites for hydroxylation is 1. The molecule has 0 aliphatic carbocycles. The van der Waals surface area contributed by atoms with Gasteiger partial charge in [0.1, 0.15) is 18.1 Å². The fraction of sp³-hybridized carbons (Fsp3) is 0.231. The first-order chi connectivity index (χ1) is 9.63. The Kier molecular flexibility index (Phi) is 3.19. The molecule has 3 rings (SSSR count). The van der Waals surface area contributed by atoms with Gasteiger partial charge in [0.25, 0.3) is 5.91 Å². The summed E-state index contributed by atoms with van der Waals surface area (Å²) in [5.74, 6) is 0.945. The zero-order chi connectivity index (χ0) is 14.1. The van der Waals surface area contributed by atoms with Crippen LogP contribution in [0.4, 0.5) is 11.4 Å². The summed E-state index contributed by atoms with van der Waals surface area (Å²) >= 11 is 1.33. The normalized spacial score (nSPS) is 13.1. The van der Waals surface area contributed by atoms with Crippen LogP contribution in [0.15, 0.2) is 18.3 Å². The fourth-order valence-electron chi connectivity index (χ4n) is 1.86. The number of amides is 1. The summed E-state index contributed by atoms with van der Waals surface area (Å²) in [6.45, 7) is 2.83. The third-order valence-corrected chi connectivity index (χ3v) is 3.72. The van der Waals surface area contributed by atoms with Gasteiger partial charge in [0, 0.05) is 12.1 Å². The van der Waals surface area contributed by atoms with Crippen LogP contribution in [-0.4, -0.2) is 24.1 Å². The molecule has 7 heteroatoms. The second kappa shape index (κ2) is 5.01. The number of nitrogens with zero attached hydrogens (tertiary/aromatic N) is 1. The number of rotatable bonds is 2. The van der Waals surface area contributed by atoms with Crippen molar-refractivity contribution in [3.63, 3.8) is 0 Å². The highest BCUT2D eigenvalue weighted by Crippen LogP contribution is 2.37. The maximum Gasteiger partial charge on any atom is 0.267 e. The molecule has 0 fully saturated rings. The molecule has 0 spiro atoms. The first-order valence-corrected chi connectivity index (χ1v) is 6.88. The molecule has 6 nitrogen and oxygen atoms in total. The van der Waals surface area contributed by atoms with Crippen LogP contribution in [0.5, 0.6) is 11.5 Å². The van der Waals surface area contributed by atoms with Gasteiger partial charge in [-0.25, -0.2) is 4.98 Å². The highest BCUT2D eigenvalue weighted by Gasteiger charge is 2.17. The molecule has 1 aliphatic rings. The minimum atomic E-state index is -0.237. The number of ether oxygens (including phenoxy) is 2. The van der Waals surface area contributed by atoms with Crippen LogP contribution in [0, 0.1) is 6.92 Å². The Hall–Kier alpha value is -2.28. The molecular weight excluding hydrogens is 278 g/mol. The molecule has 1 amide bonds. The molecule has 0 unspecified atom stereocenters. The lowest BCUT2D eigenvalue weighted by atomic mass is 10.2. The fourth-order valence-corrected chi connectivity index (χ4v) is 2.54. The Morgan fingerprint density at radius 1 is 1.35 bits per heavy atom. The van der Waals surface area contributed by atoms with E-state index in [1.54, 1.807) is 18.3 Å². The van der Waals surface area contributed by atoms with Crippen LogP contribution in [0.3, 0.4) is 0 Å². The van der Waals surface area contributed by atoms with E-state index in [0.29, 0.717) is 41.0 Å². The molecule has 1 aromatic heterocycles. The van der Waals surface area contributed by atoms with Gasteiger partial charge in [-0.15, -0.1) is 11.3 Å². The maximum atomic E-state index is 12.1. The zero-order valence-corrected chi connectivity index (χ0v) is 11.6. The lowest BCUT2D eigenvalue weighted by Crippen LogP contribution is -2.17. The van der Waals surface area contributed by atoms with Gasteiger partial charge < -0.3 is 20.5 Å². The van der Waals surface area contributed by atoms with Crippen LogP contribution in [-0.2, 0) is 0 Å². The Balaban J connectivity index is 1.85. The van der Waals surface area contributed by atoms with E-state index in [1.807, 2.05) is 6.92 Å². The minimum absolute atomic E-state index is 0.237. The molecule has 3 N–H and O–H groups in total.